The highest BCUT2D eigenvalue weighted by atomic mass is 19.1. The Bertz CT molecular complexity index is 950. The van der Waals surface area contributed by atoms with Gasteiger partial charge in [-0.15, -0.1) is 0 Å². The van der Waals surface area contributed by atoms with Crippen molar-refractivity contribution in [3.63, 3.8) is 0 Å². The number of carbonyl (C=O) groups is 1. The summed E-state index contributed by atoms with van der Waals surface area (Å²) in [4.78, 5) is 16.3. The molecular weight excluding hydrogens is 400 g/mol. The van der Waals surface area contributed by atoms with Gasteiger partial charge in [0, 0.05) is 12.6 Å². The lowest BCUT2D eigenvalue weighted by Gasteiger charge is -2.32. The SMILES string of the molecule is CC1(C)OB(C(=Cc2ncc(F)cc2N)CNC(=O)OCc2ccccc2)OC1(C)C. The molecule has 0 spiro atoms. The second kappa shape index (κ2) is 9.07. The molecule has 0 bridgehead atoms. The molecule has 3 N–H and O–H groups in total. The number of nitrogen functional groups attached to an aromatic ring is 1. The van der Waals surface area contributed by atoms with Crippen molar-refractivity contribution in [2.45, 2.75) is 45.5 Å². The van der Waals surface area contributed by atoms with Crippen LogP contribution < -0.4 is 11.1 Å². The molecule has 0 aliphatic carbocycles. The maximum absolute atomic E-state index is 13.4. The fraction of sp³-hybridized carbons (Fsp3) is 0.364. The van der Waals surface area contributed by atoms with Crippen LogP contribution in [0.15, 0.2) is 48.1 Å². The molecule has 7 nitrogen and oxygen atoms in total. The molecule has 1 fully saturated rings. The monoisotopic (exact) mass is 427 g/mol. The van der Waals surface area contributed by atoms with E-state index in [1.807, 2.05) is 58.0 Å². The van der Waals surface area contributed by atoms with Gasteiger partial charge in [-0.05, 0) is 44.8 Å². The third kappa shape index (κ3) is 5.62. The summed E-state index contributed by atoms with van der Waals surface area (Å²) in [6.45, 7) is 7.93. The van der Waals surface area contributed by atoms with E-state index in [1.54, 1.807) is 6.08 Å². The summed E-state index contributed by atoms with van der Waals surface area (Å²) in [6, 6.07) is 10.5. The van der Waals surface area contributed by atoms with Gasteiger partial charge in [-0.1, -0.05) is 30.3 Å². The van der Waals surface area contributed by atoms with Crippen molar-refractivity contribution in [1.29, 1.82) is 0 Å². The number of rotatable bonds is 6. The maximum Gasteiger partial charge on any atom is 0.492 e. The number of ether oxygens (including phenoxy) is 1. The van der Waals surface area contributed by atoms with Gasteiger partial charge in [0.05, 0.1) is 28.8 Å². The minimum absolute atomic E-state index is 0.0724. The number of pyridine rings is 1. The number of aromatic nitrogens is 1. The smallest absolute Gasteiger partial charge is 0.445 e. The largest absolute Gasteiger partial charge is 0.492 e. The highest BCUT2D eigenvalue weighted by molar-refractivity contribution is 6.56. The van der Waals surface area contributed by atoms with Crippen molar-refractivity contribution in [2.75, 3.05) is 12.3 Å². The van der Waals surface area contributed by atoms with E-state index in [4.69, 9.17) is 19.8 Å². The zero-order valence-electron chi connectivity index (χ0n) is 18.1. The van der Waals surface area contributed by atoms with Gasteiger partial charge in [0.2, 0.25) is 0 Å². The molecule has 0 radical (unpaired) electrons. The van der Waals surface area contributed by atoms with Crippen LogP contribution in [-0.2, 0) is 20.7 Å². The van der Waals surface area contributed by atoms with Crippen LogP contribution in [0.5, 0.6) is 0 Å². The number of benzene rings is 1. The summed E-state index contributed by atoms with van der Waals surface area (Å²) in [5.74, 6) is -0.533. The zero-order chi connectivity index (χ0) is 22.6. The quantitative estimate of drug-likeness (QED) is 0.682. The molecule has 0 saturated carbocycles. The van der Waals surface area contributed by atoms with Gasteiger partial charge in [-0.3, -0.25) is 4.98 Å². The van der Waals surface area contributed by atoms with Crippen molar-refractivity contribution < 1.29 is 23.2 Å². The third-order valence-electron chi connectivity index (χ3n) is 5.44. The van der Waals surface area contributed by atoms with Gasteiger partial charge in [-0.2, -0.15) is 0 Å². The van der Waals surface area contributed by atoms with E-state index in [-0.39, 0.29) is 18.8 Å². The summed E-state index contributed by atoms with van der Waals surface area (Å²) in [6.07, 6.45) is 2.12. The van der Waals surface area contributed by atoms with Crippen LogP contribution in [0.2, 0.25) is 0 Å². The van der Waals surface area contributed by atoms with Crippen LogP contribution in [-0.4, -0.2) is 35.9 Å². The van der Waals surface area contributed by atoms with E-state index >= 15 is 0 Å². The number of hydrogen-bond donors (Lipinski definition) is 2. The van der Waals surface area contributed by atoms with Crippen LogP contribution in [0.25, 0.3) is 6.08 Å². The Morgan fingerprint density at radius 2 is 1.87 bits per heavy atom. The molecule has 1 aromatic carbocycles. The van der Waals surface area contributed by atoms with Gasteiger partial charge >= 0.3 is 13.2 Å². The average molecular weight is 427 g/mol. The first-order chi connectivity index (χ1) is 14.6. The Labute approximate surface area is 181 Å². The fourth-order valence-electron chi connectivity index (χ4n) is 2.91. The maximum atomic E-state index is 13.4. The lowest BCUT2D eigenvalue weighted by Crippen LogP contribution is -2.41. The molecule has 0 atom stereocenters. The highest BCUT2D eigenvalue weighted by Gasteiger charge is 2.52. The summed E-state index contributed by atoms with van der Waals surface area (Å²) >= 11 is 0. The number of carbonyl (C=O) groups excluding carboxylic acids is 1. The van der Waals surface area contributed by atoms with Gasteiger partial charge in [0.1, 0.15) is 12.4 Å². The Morgan fingerprint density at radius 3 is 2.48 bits per heavy atom. The summed E-state index contributed by atoms with van der Waals surface area (Å²) in [5, 5.41) is 2.70. The molecule has 1 saturated heterocycles. The number of anilines is 1. The van der Waals surface area contributed by atoms with Crippen LogP contribution in [0.3, 0.4) is 0 Å². The number of halogens is 1. The predicted octanol–water partition coefficient (Wildman–Crippen LogP) is 3.74. The van der Waals surface area contributed by atoms with Crippen LogP contribution in [0.1, 0.15) is 39.0 Å². The van der Waals surface area contributed by atoms with E-state index in [0.717, 1.165) is 11.8 Å². The molecule has 1 amide bonds. The first-order valence-corrected chi connectivity index (χ1v) is 9.99. The highest BCUT2D eigenvalue weighted by Crippen LogP contribution is 2.38. The summed E-state index contributed by atoms with van der Waals surface area (Å²) in [5.41, 5.74) is 6.72. The Morgan fingerprint density at radius 1 is 1.23 bits per heavy atom. The van der Waals surface area contributed by atoms with E-state index < -0.39 is 30.2 Å². The molecule has 0 unspecified atom stereocenters. The lowest BCUT2D eigenvalue weighted by molar-refractivity contribution is 0.00578. The molecule has 3 rings (SSSR count). The second-order valence-electron chi connectivity index (χ2n) is 8.35. The van der Waals surface area contributed by atoms with Gasteiger partial charge in [-0.25, -0.2) is 9.18 Å². The van der Waals surface area contributed by atoms with Crippen molar-refractivity contribution in [2.24, 2.45) is 0 Å². The molecule has 31 heavy (non-hydrogen) atoms. The minimum atomic E-state index is -0.745. The van der Waals surface area contributed by atoms with Crippen LogP contribution in [0, 0.1) is 5.82 Å². The minimum Gasteiger partial charge on any atom is -0.445 e. The molecule has 1 aromatic heterocycles. The number of nitrogens with two attached hydrogens (primary N) is 1. The third-order valence-corrected chi connectivity index (χ3v) is 5.44. The van der Waals surface area contributed by atoms with E-state index in [1.165, 1.54) is 6.07 Å². The second-order valence-corrected chi connectivity index (χ2v) is 8.35. The van der Waals surface area contributed by atoms with Crippen LogP contribution in [0.4, 0.5) is 14.9 Å². The normalized spacial score (nSPS) is 17.5. The van der Waals surface area contributed by atoms with Gasteiger partial charge in [0.25, 0.3) is 0 Å². The lowest BCUT2D eigenvalue weighted by atomic mass is 9.77. The topological polar surface area (TPSA) is 95.7 Å². The first kappa shape index (κ1) is 22.8. The van der Waals surface area contributed by atoms with Crippen LogP contribution >= 0.6 is 0 Å². The Balaban J connectivity index is 1.74. The van der Waals surface area contributed by atoms with Crippen molar-refractivity contribution in [3.8, 4) is 0 Å². The van der Waals surface area contributed by atoms with E-state index in [0.29, 0.717) is 11.2 Å². The molecule has 164 valence electrons. The number of alkyl carbamates (subject to hydrolysis) is 1. The molecule has 2 aromatic rings. The number of amides is 1. The molecule has 1 aliphatic heterocycles. The zero-order valence-corrected chi connectivity index (χ0v) is 18.1. The van der Waals surface area contributed by atoms with E-state index in [2.05, 4.69) is 10.3 Å². The molecule has 9 heteroatoms. The fourth-order valence-corrected chi connectivity index (χ4v) is 2.91. The Kier molecular flexibility index (Phi) is 6.67. The first-order valence-electron chi connectivity index (χ1n) is 9.99. The molecule has 1 aliphatic rings. The number of nitrogens with one attached hydrogen (secondary N) is 1. The number of hydrogen-bond acceptors (Lipinski definition) is 6. The van der Waals surface area contributed by atoms with Crippen molar-refractivity contribution in [3.05, 3.63) is 65.1 Å². The molecule has 2 heterocycles. The van der Waals surface area contributed by atoms with Crippen molar-refractivity contribution in [1.82, 2.24) is 10.3 Å². The summed E-state index contributed by atoms with van der Waals surface area (Å²) < 4.78 is 30.8. The van der Waals surface area contributed by atoms with Crippen molar-refractivity contribution >= 4 is 25.0 Å². The average Bonchev–Trinajstić information content (AvgIpc) is 2.93. The molecular formula is C22H27BFN3O4. The Hall–Kier alpha value is -2.91. The standard InChI is InChI=1S/C22H27BFN3O4/c1-21(2)22(3,4)31-23(30-21)16(10-19-18(25)11-17(24)13-26-19)12-27-20(28)29-14-15-8-6-5-7-9-15/h5-11,13H,12,14,25H2,1-4H3,(H,27,28). The number of nitrogens with zero attached hydrogens (tertiary/aromatic N) is 1. The van der Waals surface area contributed by atoms with Gasteiger partial charge < -0.3 is 25.1 Å². The van der Waals surface area contributed by atoms with Gasteiger partial charge in [0.15, 0.2) is 0 Å². The predicted molar refractivity (Wildman–Crippen MR) is 117 cm³/mol. The summed E-state index contributed by atoms with van der Waals surface area (Å²) in [7, 11) is -0.745. The van der Waals surface area contributed by atoms with E-state index in [9.17, 15) is 9.18 Å².